The van der Waals surface area contributed by atoms with Crippen molar-refractivity contribution in [2.45, 2.75) is 45.7 Å². The van der Waals surface area contributed by atoms with Crippen molar-refractivity contribution in [3.05, 3.63) is 18.0 Å². The standard InChI is InChI=1S/C11H21N3/c1-5-11(6-2)13-9(3)10-7-12-14(4)8-10/h7-9,11,13H,5-6H2,1-4H3/t9-/m0/s1. The molecule has 0 saturated heterocycles. The Balaban J connectivity index is 2.53. The molecule has 0 saturated carbocycles. The lowest BCUT2D eigenvalue weighted by molar-refractivity contribution is 0.432. The SMILES string of the molecule is CCC(CC)N[C@@H](C)c1cnn(C)c1. The van der Waals surface area contributed by atoms with Crippen molar-refractivity contribution in [2.75, 3.05) is 0 Å². The van der Waals surface area contributed by atoms with E-state index in [-0.39, 0.29) is 0 Å². The summed E-state index contributed by atoms with van der Waals surface area (Å²) in [6.07, 6.45) is 6.36. The maximum absolute atomic E-state index is 4.17. The average Bonchev–Trinajstić information content (AvgIpc) is 2.61. The molecule has 1 N–H and O–H groups in total. The number of hydrogen-bond acceptors (Lipinski definition) is 2. The first-order valence-corrected chi connectivity index (χ1v) is 5.42. The van der Waals surface area contributed by atoms with Gasteiger partial charge in [-0.15, -0.1) is 0 Å². The van der Waals surface area contributed by atoms with E-state index in [4.69, 9.17) is 0 Å². The van der Waals surface area contributed by atoms with Crippen molar-refractivity contribution < 1.29 is 0 Å². The number of hydrogen-bond donors (Lipinski definition) is 1. The van der Waals surface area contributed by atoms with Crippen LogP contribution in [0.15, 0.2) is 12.4 Å². The van der Waals surface area contributed by atoms with Gasteiger partial charge < -0.3 is 5.32 Å². The Morgan fingerprint density at radius 1 is 1.43 bits per heavy atom. The van der Waals surface area contributed by atoms with Gasteiger partial charge in [-0.3, -0.25) is 4.68 Å². The molecule has 0 aliphatic rings. The van der Waals surface area contributed by atoms with Gasteiger partial charge in [0.15, 0.2) is 0 Å². The van der Waals surface area contributed by atoms with Gasteiger partial charge in [0.25, 0.3) is 0 Å². The predicted octanol–water partition coefficient (Wildman–Crippen LogP) is 2.26. The third-order valence-corrected chi connectivity index (χ3v) is 2.70. The van der Waals surface area contributed by atoms with Crippen LogP contribution >= 0.6 is 0 Å². The number of nitrogens with one attached hydrogen (secondary N) is 1. The van der Waals surface area contributed by atoms with Gasteiger partial charge in [-0.05, 0) is 19.8 Å². The summed E-state index contributed by atoms with van der Waals surface area (Å²) < 4.78 is 1.85. The second-order valence-electron chi connectivity index (χ2n) is 3.85. The smallest absolute Gasteiger partial charge is 0.0537 e. The number of aromatic nitrogens is 2. The van der Waals surface area contributed by atoms with Crippen molar-refractivity contribution in [2.24, 2.45) is 7.05 Å². The summed E-state index contributed by atoms with van der Waals surface area (Å²) in [5.74, 6) is 0. The van der Waals surface area contributed by atoms with Crippen LogP contribution in [-0.2, 0) is 7.05 Å². The van der Waals surface area contributed by atoms with Crippen LogP contribution in [0, 0.1) is 0 Å². The van der Waals surface area contributed by atoms with Crippen LogP contribution in [0.4, 0.5) is 0 Å². The maximum atomic E-state index is 4.17. The zero-order valence-electron chi connectivity index (χ0n) is 9.62. The second-order valence-corrected chi connectivity index (χ2v) is 3.85. The van der Waals surface area contributed by atoms with Crippen molar-refractivity contribution >= 4 is 0 Å². The van der Waals surface area contributed by atoms with Gasteiger partial charge in [-0.2, -0.15) is 5.10 Å². The van der Waals surface area contributed by atoms with Crippen LogP contribution in [0.1, 0.15) is 45.2 Å². The monoisotopic (exact) mass is 195 g/mol. The molecule has 1 heterocycles. The summed E-state index contributed by atoms with van der Waals surface area (Å²) in [6.45, 7) is 6.63. The molecule has 1 aromatic rings. The molecule has 0 unspecified atom stereocenters. The highest BCUT2D eigenvalue weighted by Gasteiger charge is 2.11. The van der Waals surface area contributed by atoms with E-state index in [1.54, 1.807) is 0 Å². The third kappa shape index (κ3) is 2.84. The average molecular weight is 195 g/mol. The number of nitrogens with zero attached hydrogens (tertiary/aromatic N) is 2. The van der Waals surface area contributed by atoms with Gasteiger partial charge in [0.2, 0.25) is 0 Å². The molecular weight excluding hydrogens is 174 g/mol. The number of rotatable bonds is 5. The summed E-state index contributed by atoms with van der Waals surface area (Å²) in [7, 11) is 1.95. The van der Waals surface area contributed by atoms with Crippen molar-refractivity contribution in [1.29, 1.82) is 0 Å². The van der Waals surface area contributed by atoms with Gasteiger partial charge in [-0.1, -0.05) is 13.8 Å². The largest absolute Gasteiger partial charge is 0.307 e. The van der Waals surface area contributed by atoms with Gasteiger partial charge >= 0.3 is 0 Å². The Morgan fingerprint density at radius 3 is 2.50 bits per heavy atom. The maximum Gasteiger partial charge on any atom is 0.0537 e. The molecule has 0 aromatic carbocycles. The summed E-state index contributed by atoms with van der Waals surface area (Å²) >= 11 is 0. The molecule has 0 aliphatic carbocycles. The minimum atomic E-state index is 0.397. The van der Waals surface area contributed by atoms with E-state index < -0.39 is 0 Å². The Bertz CT molecular complexity index is 263. The Labute approximate surface area is 86.5 Å². The minimum Gasteiger partial charge on any atom is -0.307 e. The number of aryl methyl sites for hydroxylation is 1. The third-order valence-electron chi connectivity index (χ3n) is 2.70. The molecule has 0 fully saturated rings. The summed E-state index contributed by atoms with van der Waals surface area (Å²) in [4.78, 5) is 0. The van der Waals surface area contributed by atoms with Crippen LogP contribution < -0.4 is 5.32 Å². The molecule has 0 bridgehead atoms. The molecule has 0 amide bonds. The van der Waals surface area contributed by atoms with Crippen LogP contribution in [0.3, 0.4) is 0 Å². The quantitative estimate of drug-likeness (QED) is 0.781. The van der Waals surface area contributed by atoms with Crippen LogP contribution in [0.5, 0.6) is 0 Å². The lowest BCUT2D eigenvalue weighted by atomic mass is 10.1. The highest BCUT2D eigenvalue weighted by atomic mass is 15.2. The predicted molar refractivity (Wildman–Crippen MR) is 59.1 cm³/mol. The Hall–Kier alpha value is -0.830. The first-order chi connectivity index (χ1) is 6.67. The molecule has 0 aliphatic heterocycles. The van der Waals surface area contributed by atoms with E-state index in [0.717, 1.165) is 0 Å². The highest BCUT2D eigenvalue weighted by Crippen LogP contribution is 2.12. The molecule has 1 aromatic heterocycles. The molecule has 0 radical (unpaired) electrons. The van der Waals surface area contributed by atoms with Crippen molar-refractivity contribution in [3.8, 4) is 0 Å². The van der Waals surface area contributed by atoms with Gasteiger partial charge in [-0.25, -0.2) is 0 Å². The lowest BCUT2D eigenvalue weighted by Crippen LogP contribution is -2.30. The van der Waals surface area contributed by atoms with Gasteiger partial charge in [0.05, 0.1) is 6.20 Å². The van der Waals surface area contributed by atoms with E-state index in [9.17, 15) is 0 Å². The fourth-order valence-corrected chi connectivity index (χ4v) is 1.64. The first kappa shape index (κ1) is 11.2. The molecule has 3 nitrogen and oxygen atoms in total. The fraction of sp³-hybridized carbons (Fsp3) is 0.727. The van der Waals surface area contributed by atoms with Crippen molar-refractivity contribution in [3.63, 3.8) is 0 Å². The highest BCUT2D eigenvalue weighted by molar-refractivity contribution is 5.09. The fourth-order valence-electron chi connectivity index (χ4n) is 1.64. The summed E-state index contributed by atoms with van der Waals surface area (Å²) in [5.41, 5.74) is 1.26. The molecule has 0 spiro atoms. The molecular formula is C11H21N3. The Morgan fingerprint density at radius 2 is 2.07 bits per heavy atom. The molecule has 1 rings (SSSR count). The van der Waals surface area contributed by atoms with E-state index in [1.807, 2.05) is 17.9 Å². The Kier molecular flexibility index (Phi) is 4.14. The molecule has 1 atom stereocenters. The van der Waals surface area contributed by atoms with Crippen LogP contribution in [0.25, 0.3) is 0 Å². The summed E-state index contributed by atoms with van der Waals surface area (Å²) in [5, 5.41) is 7.77. The van der Waals surface area contributed by atoms with E-state index >= 15 is 0 Å². The van der Waals surface area contributed by atoms with Crippen LogP contribution in [0.2, 0.25) is 0 Å². The molecule has 3 heteroatoms. The van der Waals surface area contributed by atoms with E-state index in [1.165, 1.54) is 18.4 Å². The molecule has 80 valence electrons. The lowest BCUT2D eigenvalue weighted by Gasteiger charge is -2.19. The zero-order chi connectivity index (χ0) is 10.6. The van der Waals surface area contributed by atoms with E-state index in [0.29, 0.717) is 12.1 Å². The second kappa shape index (κ2) is 5.15. The minimum absolute atomic E-state index is 0.397. The topological polar surface area (TPSA) is 29.9 Å². The van der Waals surface area contributed by atoms with E-state index in [2.05, 4.69) is 37.4 Å². The van der Waals surface area contributed by atoms with Crippen molar-refractivity contribution in [1.82, 2.24) is 15.1 Å². The first-order valence-electron chi connectivity index (χ1n) is 5.42. The molecule has 14 heavy (non-hydrogen) atoms. The van der Waals surface area contributed by atoms with Gasteiger partial charge in [0, 0.05) is 30.9 Å². The zero-order valence-corrected chi connectivity index (χ0v) is 9.62. The van der Waals surface area contributed by atoms with Crippen LogP contribution in [-0.4, -0.2) is 15.8 Å². The normalized spacial score (nSPS) is 13.5. The summed E-state index contributed by atoms with van der Waals surface area (Å²) in [6, 6.07) is 1.01. The van der Waals surface area contributed by atoms with Gasteiger partial charge in [0.1, 0.15) is 0 Å².